The smallest absolute Gasteiger partial charge is 0.260 e. The normalized spacial score (nSPS) is 10.7. The molecule has 0 saturated carbocycles. The van der Waals surface area contributed by atoms with E-state index in [0.29, 0.717) is 12.0 Å². The summed E-state index contributed by atoms with van der Waals surface area (Å²) in [4.78, 5) is 27.8. The number of pyridine rings is 3. The summed E-state index contributed by atoms with van der Waals surface area (Å²) >= 11 is 0. The molecule has 0 aliphatic carbocycles. The average molecular weight is 372 g/mol. The maximum Gasteiger partial charge on any atom is 0.260 e. The van der Waals surface area contributed by atoms with E-state index < -0.39 is 23.3 Å². The minimum Gasteiger partial charge on any atom is -0.451 e. The monoisotopic (exact) mass is 372 g/mol. The van der Waals surface area contributed by atoms with E-state index in [4.69, 9.17) is 10.5 Å². The topological polar surface area (TPSA) is 115 Å². The Kier molecular flexibility index (Phi) is 5.26. The first-order chi connectivity index (χ1) is 13.1. The number of hydrogen-bond acceptors (Lipinski definition) is 6. The highest BCUT2D eigenvalue weighted by Gasteiger charge is 2.17. The molecule has 3 aromatic rings. The van der Waals surface area contributed by atoms with E-state index in [9.17, 15) is 13.6 Å². The molecule has 0 atom stereocenters. The number of carbonyl (C=O) groups is 1. The van der Waals surface area contributed by atoms with Crippen molar-refractivity contribution in [2.75, 3.05) is 5.32 Å². The molecular weight excluding hydrogens is 358 g/mol. The van der Waals surface area contributed by atoms with Gasteiger partial charge in [-0.3, -0.25) is 9.78 Å². The molecule has 27 heavy (non-hydrogen) atoms. The SMILES string of the molecule is N/C=N\c1ncc(Oc2cncc(F)c2F)cc1C(=O)Nc1ccccn1.[HH]. The molecule has 0 saturated heterocycles. The first-order valence-corrected chi connectivity index (χ1v) is 7.52. The molecule has 3 aromatic heterocycles. The Morgan fingerprint density at radius 2 is 2.11 bits per heavy atom. The van der Waals surface area contributed by atoms with Gasteiger partial charge in [0.2, 0.25) is 5.82 Å². The van der Waals surface area contributed by atoms with Gasteiger partial charge in [-0.25, -0.2) is 19.4 Å². The first-order valence-electron chi connectivity index (χ1n) is 7.52. The van der Waals surface area contributed by atoms with E-state index in [2.05, 4.69) is 25.3 Å². The van der Waals surface area contributed by atoms with Crippen LogP contribution in [0, 0.1) is 11.6 Å². The Hall–Kier alpha value is -3.95. The van der Waals surface area contributed by atoms with Crippen LogP contribution in [0.5, 0.6) is 11.5 Å². The summed E-state index contributed by atoms with van der Waals surface area (Å²) in [5.41, 5.74) is 5.26. The van der Waals surface area contributed by atoms with Crippen molar-refractivity contribution in [2.45, 2.75) is 0 Å². The lowest BCUT2D eigenvalue weighted by Crippen LogP contribution is -2.14. The molecule has 0 bridgehead atoms. The van der Waals surface area contributed by atoms with Crippen molar-refractivity contribution in [1.29, 1.82) is 0 Å². The average Bonchev–Trinajstić information content (AvgIpc) is 2.67. The third kappa shape index (κ3) is 4.18. The van der Waals surface area contributed by atoms with Gasteiger partial charge in [-0.05, 0) is 18.2 Å². The van der Waals surface area contributed by atoms with E-state index in [1.807, 2.05) is 0 Å². The molecule has 1 amide bonds. The van der Waals surface area contributed by atoms with Crippen molar-refractivity contribution in [2.24, 2.45) is 10.7 Å². The summed E-state index contributed by atoms with van der Waals surface area (Å²) in [5, 5.41) is 2.56. The van der Waals surface area contributed by atoms with Crippen LogP contribution < -0.4 is 15.8 Å². The van der Waals surface area contributed by atoms with Gasteiger partial charge in [0, 0.05) is 7.62 Å². The summed E-state index contributed by atoms with van der Waals surface area (Å²) in [5.74, 6) is -3.14. The van der Waals surface area contributed by atoms with Gasteiger partial charge in [0.1, 0.15) is 11.6 Å². The maximum atomic E-state index is 13.7. The molecule has 0 spiro atoms. The van der Waals surface area contributed by atoms with Crippen LogP contribution in [0.15, 0.2) is 54.0 Å². The van der Waals surface area contributed by atoms with Crippen LogP contribution in [-0.2, 0) is 0 Å². The van der Waals surface area contributed by atoms with Gasteiger partial charge in [-0.2, -0.15) is 4.39 Å². The molecule has 8 nitrogen and oxygen atoms in total. The molecule has 3 rings (SSSR count). The number of halogens is 2. The first kappa shape index (κ1) is 17.9. The van der Waals surface area contributed by atoms with Gasteiger partial charge in [-0.1, -0.05) is 6.07 Å². The molecule has 138 valence electrons. The third-order valence-electron chi connectivity index (χ3n) is 3.22. The van der Waals surface area contributed by atoms with Crippen molar-refractivity contribution in [3.05, 3.63) is 66.3 Å². The lowest BCUT2D eigenvalue weighted by atomic mass is 10.2. The molecule has 3 N–H and O–H groups in total. The molecule has 0 fully saturated rings. The minimum absolute atomic E-state index is 0. The van der Waals surface area contributed by atoms with Crippen LogP contribution in [-0.4, -0.2) is 27.2 Å². The van der Waals surface area contributed by atoms with Crippen LogP contribution in [0.4, 0.5) is 20.4 Å². The van der Waals surface area contributed by atoms with E-state index in [1.165, 1.54) is 18.5 Å². The largest absolute Gasteiger partial charge is 0.451 e. The highest BCUT2D eigenvalue weighted by atomic mass is 19.2. The number of hydrogen-bond donors (Lipinski definition) is 2. The summed E-state index contributed by atoms with van der Waals surface area (Å²) in [6.45, 7) is 0. The van der Waals surface area contributed by atoms with Gasteiger partial charge >= 0.3 is 0 Å². The predicted molar refractivity (Wildman–Crippen MR) is 95.1 cm³/mol. The third-order valence-corrected chi connectivity index (χ3v) is 3.22. The number of amides is 1. The second kappa shape index (κ2) is 7.95. The molecule has 0 unspecified atom stereocenters. The Bertz CT molecular complexity index is 1000. The lowest BCUT2D eigenvalue weighted by Gasteiger charge is -2.10. The summed E-state index contributed by atoms with van der Waals surface area (Å²) < 4.78 is 32.3. The van der Waals surface area contributed by atoms with Crippen molar-refractivity contribution in [1.82, 2.24) is 15.0 Å². The van der Waals surface area contributed by atoms with Crippen molar-refractivity contribution >= 4 is 23.9 Å². The molecule has 3 heterocycles. The van der Waals surface area contributed by atoms with Crippen molar-refractivity contribution in [3.8, 4) is 11.5 Å². The summed E-state index contributed by atoms with van der Waals surface area (Å²) in [7, 11) is 0. The Balaban J connectivity index is 0.00000280. The van der Waals surface area contributed by atoms with E-state index in [1.54, 1.807) is 18.2 Å². The van der Waals surface area contributed by atoms with Gasteiger partial charge in [0.25, 0.3) is 5.91 Å². The fourth-order valence-electron chi connectivity index (χ4n) is 2.05. The summed E-state index contributed by atoms with van der Waals surface area (Å²) in [6, 6.07) is 6.24. The molecule has 0 radical (unpaired) electrons. The van der Waals surface area contributed by atoms with Gasteiger partial charge in [-0.15, -0.1) is 0 Å². The molecule has 10 heteroatoms. The van der Waals surface area contributed by atoms with E-state index in [-0.39, 0.29) is 18.6 Å². The highest BCUT2D eigenvalue weighted by Crippen LogP contribution is 2.28. The Labute approximate surface area is 153 Å². The zero-order chi connectivity index (χ0) is 19.2. The number of carbonyl (C=O) groups excluding carboxylic acids is 1. The summed E-state index contributed by atoms with van der Waals surface area (Å²) in [6.07, 6.45) is 5.37. The number of rotatable bonds is 5. The number of aliphatic imine (C=N–C) groups is 1. The highest BCUT2D eigenvalue weighted by molar-refractivity contribution is 6.07. The van der Waals surface area contributed by atoms with Crippen LogP contribution in [0.3, 0.4) is 0 Å². The molecular formula is C17H14F2N6O2. The fraction of sp³-hybridized carbons (Fsp3) is 0. The zero-order valence-corrected chi connectivity index (χ0v) is 13.6. The van der Waals surface area contributed by atoms with Crippen molar-refractivity contribution in [3.63, 3.8) is 0 Å². The lowest BCUT2D eigenvalue weighted by molar-refractivity contribution is 0.102. The number of nitrogens with zero attached hydrogens (tertiary/aromatic N) is 4. The Morgan fingerprint density at radius 1 is 1.26 bits per heavy atom. The zero-order valence-electron chi connectivity index (χ0n) is 13.6. The maximum absolute atomic E-state index is 13.7. The number of aromatic nitrogens is 3. The van der Waals surface area contributed by atoms with Gasteiger partial charge < -0.3 is 15.8 Å². The predicted octanol–water partition coefficient (Wildman–Crippen LogP) is 3.06. The van der Waals surface area contributed by atoms with Crippen molar-refractivity contribution < 1.29 is 19.7 Å². The molecule has 0 aliphatic heterocycles. The van der Waals surface area contributed by atoms with Crippen LogP contribution in [0.25, 0.3) is 0 Å². The van der Waals surface area contributed by atoms with E-state index in [0.717, 1.165) is 12.5 Å². The minimum atomic E-state index is -1.21. The second-order valence-electron chi connectivity index (χ2n) is 5.02. The van der Waals surface area contributed by atoms with E-state index >= 15 is 0 Å². The standard InChI is InChI=1S/C17H12F2N6O2.H2/c18-12-7-21-8-13(15(12)19)27-10-5-11(16(23-6-10)24-9-20)17(26)25-14-3-1-2-4-22-14;/h1-9H,(H2,20,23,24)(H,22,25,26);1H. The number of anilines is 1. The molecule has 0 aromatic carbocycles. The fourth-order valence-corrected chi connectivity index (χ4v) is 2.05. The number of ether oxygens (including phenoxy) is 1. The number of nitrogens with two attached hydrogens (primary N) is 1. The molecule has 0 aliphatic rings. The van der Waals surface area contributed by atoms with Crippen LogP contribution in [0.1, 0.15) is 11.8 Å². The van der Waals surface area contributed by atoms with Crippen LogP contribution >= 0.6 is 0 Å². The quantitative estimate of drug-likeness (QED) is 0.525. The second-order valence-corrected chi connectivity index (χ2v) is 5.02. The Morgan fingerprint density at radius 3 is 2.85 bits per heavy atom. The van der Waals surface area contributed by atoms with Gasteiger partial charge in [0.15, 0.2) is 17.4 Å². The van der Waals surface area contributed by atoms with Crippen LogP contribution in [0.2, 0.25) is 0 Å². The number of nitrogens with one attached hydrogen (secondary N) is 1. The van der Waals surface area contributed by atoms with Gasteiger partial charge in [0.05, 0.1) is 30.5 Å².